The molecule has 1 aromatic heterocycles. The van der Waals surface area contributed by atoms with Crippen molar-refractivity contribution in [1.29, 1.82) is 0 Å². The lowest BCUT2D eigenvalue weighted by Crippen LogP contribution is -1.96. The van der Waals surface area contributed by atoms with Gasteiger partial charge in [0.1, 0.15) is 16.5 Å². The van der Waals surface area contributed by atoms with Gasteiger partial charge in [-0.2, -0.15) is 0 Å². The fraction of sp³-hybridized carbons (Fsp3) is 0. The van der Waals surface area contributed by atoms with E-state index in [2.05, 4.69) is 25.9 Å². The Morgan fingerprint density at radius 2 is 1.76 bits per heavy atom. The van der Waals surface area contributed by atoms with Crippen LogP contribution in [0, 0.1) is 11.6 Å². The van der Waals surface area contributed by atoms with E-state index in [1.165, 1.54) is 0 Å². The van der Waals surface area contributed by atoms with E-state index in [0.29, 0.717) is 10.6 Å². The van der Waals surface area contributed by atoms with E-state index >= 15 is 0 Å². The highest BCUT2D eigenvalue weighted by Crippen LogP contribution is 2.32. The Kier molecular flexibility index (Phi) is 3.82. The maximum Gasteiger partial charge on any atom is 0.163 e. The van der Waals surface area contributed by atoms with Gasteiger partial charge < -0.3 is 0 Å². The molecule has 0 N–H and O–H groups in total. The second-order valence-electron chi connectivity index (χ2n) is 4.25. The third-order valence-corrected chi connectivity index (χ3v) is 3.95. The molecule has 3 aromatic rings. The van der Waals surface area contributed by atoms with Gasteiger partial charge in [0.2, 0.25) is 0 Å². The molecule has 0 aliphatic heterocycles. The molecule has 2 aromatic carbocycles. The molecule has 0 saturated carbocycles. The molecule has 0 aliphatic rings. The zero-order valence-electron chi connectivity index (χ0n) is 10.2. The van der Waals surface area contributed by atoms with Crippen molar-refractivity contribution < 1.29 is 8.78 Å². The monoisotopic (exact) mass is 388 g/mol. The second kappa shape index (κ2) is 5.48. The number of rotatable bonds is 1. The van der Waals surface area contributed by atoms with Crippen molar-refractivity contribution in [2.24, 2.45) is 0 Å². The van der Waals surface area contributed by atoms with Crippen LogP contribution < -0.4 is 0 Å². The van der Waals surface area contributed by atoms with Crippen molar-refractivity contribution in [3.63, 3.8) is 0 Å². The van der Waals surface area contributed by atoms with Crippen LogP contribution in [0.2, 0.25) is 10.2 Å². The summed E-state index contributed by atoms with van der Waals surface area (Å²) >= 11 is 15.4. The van der Waals surface area contributed by atoms with E-state index in [9.17, 15) is 8.78 Å². The van der Waals surface area contributed by atoms with Crippen LogP contribution >= 0.6 is 39.1 Å². The number of fused-ring (bicyclic) bond motifs is 1. The molecule has 3 rings (SSSR count). The Labute approximate surface area is 136 Å². The standard InChI is InChI=1S/C14H5BrCl2F2N2/c15-6-1-2-10(16)8(3-6)14-20-12-9(13(17)21-14)4-7(18)5-11(12)19/h1-5H. The molecule has 21 heavy (non-hydrogen) atoms. The molecule has 2 nitrogen and oxygen atoms in total. The van der Waals surface area contributed by atoms with Gasteiger partial charge in [0.25, 0.3) is 0 Å². The van der Waals surface area contributed by atoms with Gasteiger partial charge in [-0.05, 0) is 24.3 Å². The lowest BCUT2D eigenvalue weighted by atomic mass is 10.2. The summed E-state index contributed by atoms with van der Waals surface area (Å²) in [5, 5.41) is 0.476. The minimum absolute atomic E-state index is 0.0376. The van der Waals surface area contributed by atoms with Gasteiger partial charge >= 0.3 is 0 Å². The van der Waals surface area contributed by atoms with Crippen LogP contribution in [0.3, 0.4) is 0 Å². The molecule has 0 unspecified atom stereocenters. The Morgan fingerprint density at radius 3 is 2.52 bits per heavy atom. The molecule has 0 amide bonds. The van der Waals surface area contributed by atoms with Crippen molar-refractivity contribution in [3.8, 4) is 11.4 Å². The van der Waals surface area contributed by atoms with E-state index < -0.39 is 11.6 Å². The van der Waals surface area contributed by atoms with Crippen molar-refractivity contribution in [1.82, 2.24) is 9.97 Å². The first-order chi connectivity index (χ1) is 9.95. The molecule has 0 saturated heterocycles. The fourth-order valence-electron chi connectivity index (χ4n) is 1.91. The van der Waals surface area contributed by atoms with Crippen molar-refractivity contribution in [2.45, 2.75) is 0 Å². The van der Waals surface area contributed by atoms with Crippen LogP contribution in [0.1, 0.15) is 0 Å². The minimum atomic E-state index is -0.804. The summed E-state index contributed by atoms with van der Waals surface area (Å²) in [7, 11) is 0. The summed E-state index contributed by atoms with van der Waals surface area (Å²) in [4.78, 5) is 8.18. The number of nitrogens with zero attached hydrogens (tertiary/aromatic N) is 2. The van der Waals surface area contributed by atoms with Crippen LogP contribution in [0.15, 0.2) is 34.8 Å². The highest BCUT2D eigenvalue weighted by atomic mass is 79.9. The van der Waals surface area contributed by atoms with E-state index in [0.717, 1.165) is 16.6 Å². The lowest BCUT2D eigenvalue weighted by Gasteiger charge is -2.07. The largest absolute Gasteiger partial charge is 0.225 e. The Bertz CT molecular complexity index is 871. The van der Waals surface area contributed by atoms with Gasteiger partial charge in [-0.3, -0.25) is 0 Å². The third kappa shape index (κ3) is 2.73. The maximum absolute atomic E-state index is 13.9. The molecule has 0 bridgehead atoms. The first-order valence-corrected chi connectivity index (χ1v) is 7.28. The van der Waals surface area contributed by atoms with Crippen molar-refractivity contribution in [3.05, 3.63) is 56.6 Å². The van der Waals surface area contributed by atoms with Crippen LogP contribution in [0.25, 0.3) is 22.3 Å². The lowest BCUT2D eigenvalue weighted by molar-refractivity contribution is 0.590. The molecule has 0 aliphatic carbocycles. The van der Waals surface area contributed by atoms with Crippen LogP contribution in [-0.4, -0.2) is 9.97 Å². The predicted molar refractivity (Wildman–Crippen MR) is 82.6 cm³/mol. The molecular weight excluding hydrogens is 385 g/mol. The topological polar surface area (TPSA) is 25.8 Å². The maximum atomic E-state index is 13.9. The van der Waals surface area contributed by atoms with Gasteiger partial charge in [-0.25, -0.2) is 18.7 Å². The highest BCUT2D eigenvalue weighted by Gasteiger charge is 2.15. The quantitative estimate of drug-likeness (QED) is 0.503. The first-order valence-electron chi connectivity index (χ1n) is 5.73. The minimum Gasteiger partial charge on any atom is -0.225 e. The van der Waals surface area contributed by atoms with Crippen LogP contribution in [0.5, 0.6) is 0 Å². The fourth-order valence-corrected chi connectivity index (χ4v) is 2.70. The average molecular weight is 390 g/mol. The molecule has 1 heterocycles. The molecule has 0 fully saturated rings. The summed E-state index contributed by atoms with van der Waals surface area (Å²) in [6, 6.07) is 6.94. The van der Waals surface area contributed by atoms with E-state index in [1.807, 2.05) is 0 Å². The Hall–Kier alpha value is -1.30. The molecule has 0 spiro atoms. The number of aromatic nitrogens is 2. The number of hydrogen-bond acceptors (Lipinski definition) is 2. The van der Waals surface area contributed by atoms with Gasteiger partial charge in [-0.15, -0.1) is 0 Å². The number of halogens is 5. The van der Waals surface area contributed by atoms with Crippen LogP contribution in [0.4, 0.5) is 8.78 Å². The number of benzene rings is 2. The van der Waals surface area contributed by atoms with E-state index in [-0.39, 0.29) is 21.9 Å². The van der Waals surface area contributed by atoms with E-state index in [1.54, 1.807) is 18.2 Å². The summed E-state index contributed by atoms with van der Waals surface area (Å²) in [6.45, 7) is 0. The zero-order valence-corrected chi connectivity index (χ0v) is 13.3. The normalized spacial score (nSPS) is 11.1. The highest BCUT2D eigenvalue weighted by molar-refractivity contribution is 9.10. The molecule has 0 atom stereocenters. The summed E-state index contributed by atoms with van der Waals surface area (Å²) in [5.74, 6) is -1.37. The predicted octanol–water partition coefficient (Wildman–Crippen LogP) is 5.64. The molecule has 0 radical (unpaired) electrons. The summed E-state index contributed by atoms with van der Waals surface area (Å²) < 4.78 is 27.9. The molecular formula is C14H5BrCl2F2N2. The third-order valence-electron chi connectivity index (χ3n) is 2.84. The van der Waals surface area contributed by atoms with Gasteiger partial charge in [0, 0.05) is 21.5 Å². The molecule has 7 heteroatoms. The smallest absolute Gasteiger partial charge is 0.163 e. The zero-order chi connectivity index (χ0) is 15.1. The Balaban J connectivity index is 2.33. The summed E-state index contributed by atoms with van der Waals surface area (Å²) in [5.41, 5.74) is 0.445. The average Bonchev–Trinajstić information content (AvgIpc) is 2.42. The van der Waals surface area contributed by atoms with Gasteiger partial charge in [-0.1, -0.05) is 39.1 Å². The molecule has 106 valence electrons. The number of hydrogen-bond donors (Lipinski definition) is 0. The SMILES string of the molecule is Fc1cc(F)c2nc(-c3cc(Br)ccc3Cl)nc(Cl)c2c1. The van der Waals surface area contributed by atoms with E-state index in [4.69, 9.17) is 23.2 Å². The Morgan fingerprint density at radius 1 is 1.00 bits per heavy atom. The summed E-state index contributed by atoms with van der Waals surface area (Å²) in [6.07, 6.45) is 0. The van der Waals surface area contributed by atoms with Crippen molar-refractivity contribution in [2.75, 3.05) is 0 Å². The van der Waals surface area contributed by atoms with Gasteiger partial charge in [0.05, 0.1) is 5.02 Å². The van der Waals surface area contributed by atoms with Gasteiger partial charge in [0.15, 0.2) is 11.6 Å². The second-order valence-corrected chi connectivity index (χ2v) is 5.93. The van der Waals surface area contributed by atoms with Crippen LogP contribution in [-0.2, 0) is 0 Å². The van der Waals surface area contributed by atoms with Crippen molar-refractivity contribution >= 4 is 50.0 Å². The first kappa shape index (κ1) is 14.6.